The third-order valence-corrected chi connectivity index (χ3v) is 7.70. The average Bonchev–Trinajstić information content (AvgIpc) is 3.46. The summed E-state index contributed by atoms with van der Waals surface area (Å²) in [5.74, 6) is 0.0224. The summed E-state index contributed by atoms with van der Waals surface area (Å²) in [6, 6.07) is 9.21. The Morgan fingerprint density at radius 1 is 1.19 bits per heavy atom. The van der Waals surface area contributed by atoms with Crippen LogP contribution in [-0.2, 0) is 0 Å². The Balaban J connectivity index is 1.33. The molecule has 1 aliphatic carbocycles. The molecule has 1 atom stereocenters. The molecular formula is C26H27FN8O. The average molecular weight is 487 g/mol. The van der Waals surface area contributed by atoms with E-state index in [-0.39, 0.29) is 0 Å². The van der Waals surface area contributed by atoms with Crippen molar-refractivity contribution in [1.82, 2.24) is 34.7 Å². The van der Waals surface area contributed by atoms with Crippen LogP contribution in [0.1, 0.15) is 61.8 Å². The summed E-state index contributed by atoms with van der Waals surface area (Å²) in [6.07, 6.45) is 6.93. The number of aromatic nitrogens is 6. The van der Waals surface area contributed by atoms with Gasteiger partial charge in [-0.3, -0.25) is 9.38 Å². The molecule has 0 unspecified atom stereocenters. The minimum absolute atomic E-state index is 0.355. The molecule has 0 bridgehead atoms. The van der Waals surface area contributed by atoms with Gasteiger partial charge in [-0.2, -0.15) is 5.26 Å². The van der Waals surface area contributed by atoms with Crippen LogP contribution in [0.15, 0.2) is 36.7 Å². The fourth-order valence-electron chi connectivity index (χ4n) is 5.68. The van der Waals surface area contributed by atoms with Crippen molar-refractivity contribution in [2.45, 2.75) is 51.7 Å². The smallest absolute Gasteiger partial charge is 0.201 e. The van der Waals surface area contributed by atoms with Crippen molar-refractivity contribution >= 4 is 5.65 Å². The zero-order valence-corrected chi connectivity index (χ0v) is 20.3. The van der Waals surface area contributed by atoms with E-state index in [0.29, 0.717) is 34.4 Å². The maximum absolute atomic E-state index is 13.3. The van der Waals surface area contributed by atoms with Crippen LogP contribution in [0.2, 0.25) is 0 Å². The number of halogens is 1. The predicted octanol–water partition coefficient (Wildman–Crippen LogP) is 4.15. The molecule has 36 heavy (non-hydrogen) atoms. The highest BCUT2D eigenvalue weighted by molar-refractivity contribution is 5.68. The van der Waals surface area contributed by atoms with Crippen LogP contribution in [0, 0.1) is 29.5 Å². The molecule has 1 saturated carbocycles. The Bertz CT molecular complexity index is 1450. The van der Waals surface area contributed by atoms with E-state index in [1.165, 1.54) is 25.1 Å². The summed E-state index contributed by atoms with van der Waals surface area (Å²) in [7, 11) is 0. The Morgan fingerprint density at radius 2 is 2.00 bits per heavy atom. The van der Waals surface area contributed by atoms with Crippen molar-refractivity contribution in [2.24, 2.45) is 5.41 Å². The van der Waals surface area contributed by atoms with E-state index in [1.54, 1.807) is 10.5 Å². The molecule has 6 rings (SSSR count). The number of pyridine rings is 2. The molecule has 5 heterocycles. The molecule has 2 aliphatic rings. The van der Waals surface area contributed by atoms with Gasteiger partial charge in [0, 0.05) is 11.6 Å². The minimum Gasteiger partial charge on any atom is -0.469 e. The molecule has 0 amide bonds. The van der Waals surface area contributed by atoms with Gasteiger partial charge in [0.05, 0.1) is 29.8 Å². The van der Waals surface area contributed by atoms with Gasteiger partial charge in [-0.25, -0.2) is 14.1 Å². The van der Waals surface area contributed by atoms with E-state index >= 15 is 0 Å². The second kappa shape index (κ2) is 8.68. The van der Waals surface area contributed by atoms with Crippen molar-refractivity contribution in [2.75, 3.05) is 13.1 Å². The molecule has 0 aromatic carbocycles. The van der Waals surface area contributed by atoms with Gasteiger partial charge in [0.2, 0.25) is 5.88 Å². The van der Waals surface area contributed by atoms with Gasteiger partial charge in [-0.05, 0) is 76.2 Å². The standard InChI is InChI=1S/C26H27FN8O/c1-16-25(32-33-35(16)20-11-26(12-20)5-7-29-8-6-26)18-9-23-31-15-21(13-28)34(23)24(10-18)36-17(2)22-4-3-19(27)14-30-22/h3-4,9-10,14-15,17,20,29H,5-8,11-12H2,1-2H3/t17-/m1/s1. The van der Waals surface area contributed by atoms with E-state index in [0.717, 1.165) is 49.1 Å². The van der Waals surface area contributed by atoms with Crippen LogP contribution in [0.5, 0.6) is 5.88 Å². The SMILES string of the molecule is Cc1c(-c2cc(O[C@H](C)c3ccc(F)cn3)n3c(C#N)cnc3c2)nnn1C1CC2(CCNCC2)C1. The normalized spacial score (nSPS) is 18.2. The number of fused-ring (bicyclic) bond motifs is 1. The first-order valence-corrected chi connectivity index (χ1v) is 12.3. The number of nitriles is 1. The molecule has 10 heteroatoms. The fourth-order valence-corrected chi connectivity index (χ4v) is 5.68. The minimum atomic E-state index is -0.481. The predicted molar refractivity (Wildman–Crippen MR) is 130 cm³/mol. The summed E-state index contributed by atoms with van der Waals surface area (Å²) >= 11 is 0. The number of hydrogen-bond donors (Lipinski definition) is 1. The molecule has 184 valence electrons. The van der Waals surface area contributed by atoms with Crippen molar-refractivity contribution in [3.8, 4) is 23.2 Å². The Hall–Kier alpha value is -3.84. The monoisotopic (exact) mass is 486 g/mol. The zero-order chi connectivity index (χ0) is 24.9. The van der Waals surface area contributed by atoms with Gasteiger partial charge < -0.3 is 10.1 Å². The molecule has 1 saturated heterocycles. The number of nitrogens with zero attached hydrogens (tertiary/aromatic N) is 7. The van der Waals surface area contributed by atoms with Gasteiger partial charge in [0.1, 0.15) is 35.0 Å². The van der Waals surface area contributed by atoms with Crippen molar-refractivity contribution in [3.05, 3.63) is 59.6 Å². The third-order valence-electron chi connectivity index (χ3n) is 7.70. The molecular weight excluding hydrogens is 459 g/mol. The summed E-state index contributed by atoms with van der Waals surface area (Å²) in [4.78, 5) is 8.55. The summed E-state index contributed by atoms with van der Waals surface area (Å²) in [5, 5.41) is 22.1. The van der Waals surface area contributed by atoms with E-state index in [2.05, 4.69) is 36.3 Å². The number of piperidine rings is 1. The quantitative estimate of drug-likeness (QED) is 0.452. The molecule has 4 aromatic heterocycles. The summed E-state index contributed by atoms with van der Waals surface area (Å²) in [6.45, 7) is 6.07. The fraction of sp³-hybridized carbons (Fsp3) is 0.423. The van der Waals surface area contributed by atoms with E-state index in [4.69, 9.17) is 4.74 Å². The second-order valence-corrected chi connectivity index (χ2v) is 9.97. The van der Waals surface area contributed by atoms with Crippen molar-refractivity contribution in [1.29, 1.82) is 5.26 Å². The molecule has 4 aromatic rings. The largest absolute Gasteiger partial charge is 0.469 e. The lowest BCUT2D eigenvalue weighted by Gasteiger charge is -2.50. The van der Waals surface area contributed by atoms with Crippen molar-refractivity contribution < 1.29 is 9.13 Å². The number of hydrogen-bond acceptors (Lipinski definition) is 7. The maximum atomic E-state index is 13.3. The van der Waals surface area contributed by atoms with E-state index in [9.17, 15) is 9.65 Å². The van der Waals surface area contributed by atoms with Crippen LogP contribution in [-0.4, -0.2) is 42.5 Å². The first-order chi connectivity index (χ1) is 17.5. The van der Waals surface area contributed by atoms with Crippen LogP contribution in [0.3, 0.4) is 0 Å². The first kappa shape index (κ1) is 22.6. The number of nitrogens with one attached hydrogen (secondary N) is 1. The van der Waals surface area contributed by atoms with Crippen molar-refractivity contribution in [3.63, 3.8) is 0 Å². The number of imidazole rings is 1. The van der Waals surface area contributed by atoms with Crippen LogP contribution >= 0.6 is 0 Å². The molecule has 9 nitrogen and oxygen atoms in total. The lowest BCUT2D eigenvalue weighted by Crippen LogP contribution is -2.46. The topological polar surface area (TPSA) is 106 Å². The van der Waals surface area contributed by atoms with Gasteiger partial charge >= 0.3 is 0 Å². The molecule has 2 fully saturated rings. The molecule has 1 spiro atoms. The summed E-state index contributed by atoms with van der Waals surface area (Å²) in [5.41, 5.74) is 4.53. The Morgan fingerprint density at radius 3 is 2.72 bits per heavy atom. The van der Waals surface area contributed by atoms with Gasteiger partial charge in [-0.15, -0.1) is 5.10 Å². The highest BCUT2D eigenvalue weighted by Gasteiger charge is 2.46. The van der Waals surface area contributed by atoms with E-state index in [1.807, 2.05) is 26.0 Å². The van der Waals surface area contributed by atoms with Crippen LogP contribution in [0.25, 0.3) is 16.9 Å². The van der Waals surface area contributed by atoms with E-state index < -0.39 is 11.9 Å². The van der Waals surface area contributed by atoms with Gasteiger partial charge in [0.25, 0.3) is 0 Å². The molecule has 0 radical (unpaired) electrons. The maximum Gasteiger partial charge on any atom is 0.201 e. The lowest BCUT2D eigenvalue weighted by atomic mass is 9.60. The molecule has 1 N–H and O–H groups in total. The van der Waals surface area contributed by atoms with Gasteiger partial charge in [0.15, 0.2) is 0 Å². The van der Waals surface area contributed by atoms with Crippen LogP contribution in [0.4, 0.5) is 4.39 Å². The molecule has 1 aliphatic heterocycles. The number of rotatable bonds is 5. The second-order valence-electron chi connectivity index (χ2n) is 9.97. The Labute approximate surface area is 207 Å². The van der Waals surface area contributed by atoms with Crippen LogP contribution < -0.4 is 10.1 Å². The van der Waals surface area contributed by atoms with Gasteiger partial charge in [-0.1, -0.05) is 5.21 Å². The zero-order valence-electron chi connectivity index (χ0n) is 20.3. The highest BCUT2D eigenvalue weighted by atomic mass is 19.1. The summed E-state index contributed by atoms with van der Waals surface area (Å²) < 4.78 is 23.3. The first-order valence-electron chi connectivity index (χ1n) is 12.3. The third kappa shape index (κ3) is 3.80. The lowest BCUT2D eigenvalue weighted by molar-refractivity contribution is 0.0212. The Kier molecular flexibility index (Phi) is 5.45. The highest BCUT2D eigenvalue weighted by Crippen LogP contribution is 2.54. The number of ether oxygens (including phenoxy) is 1.